The van der Waals surface area contributed by atoms with Gasteiger partial charge in [0.2, 0.25) is 5.91 Å². The van der Waals surface area contributed by atoms with Crippen LogP contribution in [-0.2, 0) is 16.1 Å². The molecule has 1 aromatic heterocycles. The first-order chi connectivity index (χ1) is 15.3. The highest BCUT2D eigenvalue weighted by Gasteiger charge is 2.19. The average Bonchev–Trinajstić information content (AvgIpc) is 2.78. The topological polar surface area (TPSA) is 64.4 Å². The van der Waals surface area contributed by atoms with Crippen molar-refractivity contribution in [3.05, 3.63) is 69.2 Å². The monoisotopic (exact) mass is 477 g/mol. The van der Waals surface area contributed by atoms with Crippen LogP contribution in [0.25, 0.3) is 10.9 Å². The number of hydrogen-bond acceptors (Lipinski definition) is 5. The Morgan fingerprint density at radius 1 is 1.28 bits per heavy atom. The van der Waals surface area contributed by atoms with Crippen LogP contribution in [0.5, 0.6) is 0 Å². The molecule has 2 aromatic carbocycles. The number of halogens is 2. The molecule has 1 atom stereocenters. The zero-order valence-corrected chi connectivity index (χ0v) is 19.8. The van der Waals surface area contributed by atoms with Crippen LogP contribution in [0, 0.1) is 5.82 Å². The van der Waals surface area contributed by atoms with E-state index in [1.54, 1.807) is 54.0 Å². The standard InChI is InChI=1S/C23H25ClFN3O3S/c1-15(16-5-8-18(25)9-6-16)27(2)21(29)14-32-23-26-20-13-17(24)7-10-19(20)22(30)28(23)11-4-12-31-3/h5-10,13,15H,4,11-12,14H2,1-3H3. The van der Waals surface area contributed by atoms with Crippen LogP contribution in [0.3, 0.4) is 0 Å². The lowest BCUT2D eigenvalue weighted by molar-refractivity contribution is -0.128. The van der Waals surface area contributed by atoms with E-state index in [-0.39, 0.29) is 29.1 Å². The van der Waals surface area contributed by atoms with Crippen molar-refractivity contribution >= 4 is 40.2 Å². The number of hydrogen-bond donors (Lipinski definition) is 0. The molecule has 1 heterocycles. The number of nitrogens with zero attached hydrogens (tertiary/aromatic N) is 3. The molecule has 0 aliphatic carbocycles. The molecule has 0 saturated heterocycles. The first kappa shape index (κ1) is 24.2. The zero-order chi connectivity index (χ0) is 23.3. The van der Waals surface area contributed by atoms with Gasteiger partial charge in [-0.3, -0.25) is 14.2 Å². The molecule has 32 heavy (non-hydrogen) atoms. The molecule has 170 valence electrons. The second kappa shape index (κ2) is 10.9. The minimum atomic E-state index is -0.320. The molecule has 3 rings (SSSR count). The van der Waals surface area contributed by atoms with E-state index in [1.807, 2.05) is 6.92 Å². The highest BCUT2D eigenvalue weighted by Crippen LogP contribution is 2.24. The molecule has 9 heteroatoms. The van der Waals surface area contributed by atoms with Crippen LogP contribution in [0.2, 0.25) is 5.02 Å². The number of ether oxygens (including phenoxy) is 1. The minimum Gasteiger partial charge on any atom is -0.385 e. The van der Waals surface area contributed by atoms with Crippen LogP contribution >= 0.6 is 23.4 Å². The lowest BCUT2D eigenvalue weighted by atomic mass is 10.1. The second-order valence-electron chi connectivity index (χ2n) is 7.38. The number of fused-ring (bicyclic) bond motifs is 1. The van der Waals surface area contributed by atoms with Gasteiger partial charge in [0.15, 0.2) is 5.16 Å². The number of carbonyl (C=O) groups is 1. The minimum absolute atomic E-state index is 0.102. The summed E-state index contributed by atoms with van der Waals surface area (Å²) in [6.07, 6.45) is 0.639. The van der Waals surface area contributed by atoms with Gasteiger partial charge < -0.3 is 9.64 Å². The van der Waals surface area contributed by atoms with Crippen molar-refractivity contribution in [2.75, 3.05) is 26.5 Å². The number of methoxy groups -OCH3 is 1. The van der Waals surface area contributed by atoms with Crippen molar-refractivity contribution in [1.82, 2.24) is 14.5 Å². The molecule has 0 aliphatic heterocycles. The molecule has 0 spiro atoms. The van der Waals surface area contributed by atoms with E-state index in [0.29, 0.717) is 40.7 Å². The van der Waals surface area contributed by atoms with E-state index in [0.717, 1.165) is 5.56 Å². The second-order valence-corrected chi connectivity index (χ2v) is 8.76. The third-order valence-corrected chi connectivity index (χ3v) is 6.46. The Balaban J connectivity index is 1.81. The smallest absolute Gasteiger partial charge is 0.262 e. The van der Waals surface area contributed by atoms with Gasteiger partial charge in [0.05, 0.1) is 22.7 Å². The Labute approximate surface area is 195 Å². The van der Waals surface area contributed by atoms with Gasteiger partial charge in [-0.25, -0.2) is 9.37 Å². The van der Waals surface area contributed by atoms with E-state index in [4.69, 9.17) is 16.3 Å². The van der Waals surface area contributed by atoms with Gasteiger partial charge in [-0.05, 0) is 49.2 Å². The molecule has 0 saturated carbocycles. The van der Waals surface area contributed by atoms with E-state index in [9.17, 15) is 14.0 Å². The van der Waals surface area contributed by atoms with Crippen molar-refractivity contribution in [1.29, 1.82) is 0 Å². The molecular weight excluding hydrogens is 453 g/mol. The van der Waals surface area contributed by atoms with Crippen LogP contribution in [0.15, 0.2) is 52.4 Å². The molecule has 0 radical (unpaired) electrons. The Morgan fingerprint density at radius 3 is 2.69 bits per heavy atom. The van der Waals surface area contributed by atoms with E-state index in [1.165, 1.54) is 23.9 Å². The molecule has 6 nitrogen and oxygen atoms in total. The van der Waals surface area contributed by atoms with E-state index < -0.39 is 0 Å². The third kappa shape index (κ3) is 5.68. The number of benzene rings is 2. The van der Waals surface area contributed by atoms with Gasteiger partial charge in [0.1, 0.15) is 5.82 Å². The fourth-order valence-corrected chi connectivity index (χ4v) is 4.37. The summed E-state index contributed by atoms with van der Waals surface area (Å²) in [7, 11) is 3.31. The summed E-state index contributed by atoms with van der Waals surface area (Å²) in [5, 5.41) is 1.42. The maximum Gasteiger partial charge on any atom is 0.262 e. The van der Waals surface area contributed by atoms with Gasteiger partial charge in [0.25, 0.3) is 5.56 Å². The summed E-state index contributed by atoms with van der Waals surface area (Å²) in [4.78, 5) is 32.1. The first-order valence-corrected chi connectivity index (χ1v) is 11.5. The predicted octanol–water partition coefficient (Wildman–Crippen LogP) is 4.54. The number of aromatic nitrogens is 2. The van der Waals surface area contributed by atoms with Gasteiger partial charge in [-0.2, -0.15) is 0 Å². The van der Waals surface area contributed by atoms with E-state index >= 15 is 0 Å². The quantitative estimate of drug-likeness (QED) is 0.257. The van der Waals surface area contributed by atoms with Crippen molar-refractivity contribution < 1.29 is 13.9 Å². The largest absolute Gasteiger partial charge is 0.385 e. The molecule has 0 fully saturated rings. The van der Waals surface area contributed by atoms with Crippen LogP contribution < -0.4 is 5.56 Å². The van der Waals surface area contributed by atoms with Crippen molar-refractivity contribution in [3.8, 4) is 0 Å². The van der Waals surface area contributed by atoms with E-state index in [2.05, 4.69) is 4.98 Å². The highest BCUT2D eigenvalue weighted by atomic mass is 35.5. The maximum absolute atomic E-state index is 13.2. The fourth-order valence-electron chi connectivity index (χ4n) is 3.26. The van der Waals surface area contributed by atoms with Crippen LogP contribution in [0.4, 0.5) is 4.39 Å². The fraction of sp³-hybridized carbons (Fsp3) is 0.348. The van der Waals surface area contributed by atoms with Crippen molar-refractivity contribution in [2.24, 2.45) is 0 Å². The molecule has 0 aliphatic rings. The molecule has 1 amide bonds. The van der Waals surface area contributed by atoms with Gasteiger partial charge in [0, 0.05) is 32.3 Å². The average molecular weight is 478 g/mol. The zero-order valence-electron chi connectivity index (χ0n) is 18.2. The summed E-state index contributed by atoms with van der Waals surface area (Å²) >= 11 is 7.29. The Morgan fingerprint density at radius 2 is 2.00 bits per heavy atom. The molecule has 0 N–H and O–H groups in total. The molecule has 3 aromatic rings. The van der Waals surface area contributed by atoms with Crippen molar-refractivity contribution in [3.63, 3.8) is 0 Å². The number of thioether (sulfide) groups is 1. The van der Waals surface area contributed by atoms with Crippen molar-refractivity contribution in [2.45, 2.75) is 31.1 Å². The Bertz CT molecular complexity index is 1150. The molecule has 1 unspecified atom stereocenters. The summed E-state index contributed by atoms with van der Waals surface area (Å²) in [6.45, 7) is 2.81. The Kier molecular flexibility index (Phi) is 8.28. The maximum atomic E-state index is 13.2. The summed E-state index contributed by atoms with van der Waals surface area (Å²) < 4.78 is 19.9. The van der Waals surface area contributed by atoms with Crippen LogP contribution in [-0.4, -0.2) is 46.9 Å². The number of rotatable bonds is 9. The molecular formula is C23H25ClFN3O3S. The summed E-state index contributed by atoms with van der Waals surface area (Å²) in [5.41, 5.74) is 1.15. The lowest BCUT2D eigenvalue weighted by Crippen LogP contribution is -2.31. The van der Waals surface area contributed by atoms with Gasteiger partial charge in [-0.15, -0.1) is 0 Å². The Hall–Kier alpha value is -2.42. The summed E-state index contributed by atoms with van der Waals surface area (Å²) in [5.74, 6) is -0.347. The predicted molar refractivity (Wildman–Crippen MR) is 126 cm³/mol. The normalized spacial score (nSPS) is 12.2. The number of amides is 1. The third-order valence-electron chi connectivity index (χ3n) is 5.26. The van der Waals surface area contributed by atoms with Gasteiger partial charge >= 0.3 is 0 Å². The van der Waals surface area contributed by atoms with Gasteiger partial charge in [-0.1, -0.05) is 35.5 Å². The molecule has 0 bridgehead atoms. The first-order valence-electron chi connectivity index (χ1n) is 10.1. The highest BCUT2D eigenvalue weighted by molar-refractivity contribution is 7.99. The van der Waals surface area contributed by atoms with Crippen LogP contribution in [0.1, 0.15) is 24.9 Å². The number of carbonyl (C=O) groups excluding carboxylic acids is 1. The summed E-state index contributed by atoms with van der Waals surface area (Å²) in [6, 6.07) is 10.8. The lowest BCUT2D eigenvalue weighted by Gasteiger charge is -2.25. The SMILES string of the molecule is COCCCn1c(SCC(=O)N(C)C(C)c2ccc(F)cc2)nc2cc(Cl)ccc2c1=O.